The molecule has 5 heteroatoms. The van der Waals surface area contributed by atoms with Crippen LogP contribution in [0.4, 0.5) is 5.82 Å². The number of hydrazine groups is 1. The van der Waals surface area contributed by atoms with Gasteiger partial charge in [0.1, 0.15) is 5.82 Å². The molecule has 0 saturated heterocycles. The maximum atomic E-state index is 5.28. The Balaban J connectivity index is 1.80. The molecule has 0 aliphatic rings. The van der Waals surface area contributed by atoms with E-state index in [1.54, 1.807) is 0 Å². The standard InChI is InChI=1S/C13H18N4S/c1-17(7-6-12-3-2-8-18-12)10-11-4-5-13(16-14)15-9-11/h2-5,8-9H,6-7,10,14H2,1H3,(H,15,16). The van der Waals surface area contributed by atoms with Crippen LogP contribution >= 0.6 is 11.3 Å². The van der Waals surface area contributed by atoms with E-state index in [2.05, 4.69) is 39.9 Å². The smallest absolute Gasteiger partial charge is 0.139 e. The molecule has 2 aromatic heterocycles. The molecule has 0 aliphatic carbocycles. The number of hydrogen-bond acceptors (Lipinski definition) is 5. The summed E-state index contributed by atoms with van der Waals surface area (Å²) in [5.41, 5.74) is 3.72. The van der Waals surface area contributed by atoms with Crippen molar-refractivity contribution in [2.75, 3.05) is 19.0 Å². The number of nitrogens with two attached hydrogens (primary N) is 1. The highest BCUT2D eigenvalue weighted by Crippen LogP contribution is 2.11. The van der Waals surface area contributed by atoms with Crippen LogP contribution in [0.1, 0.15) is 10.4 Å². The van der Waals surface area contributed by atoms with Crippen molar-refractivity contribution in [2.24, 2.45) is 5.84 Å². The molecule has 0 fully saturated rings. The molecule has 3 N–H and O–H groups in total. The van der Waals surface area contributed by atoms with Crippen LogP contribution in [-0.4, -0.2) is 23.5 Å². The topological polar surface area (TPSA) is 54.2 Å². The van der Waals surface area contributed by atoms with Crippen LogP contribution in [0.5, 0.6) is 0 Å². The normalized spacial score (nSPS) is 10.8. The summed E-state index contributed by atoms with van der Waals surface area (Å²) in [7, 11) is 2.13. The molecule has 0 aromatic carbocycles. The van der Waals surface area contributed by atoms with Gasteiger partial charge in [0.2, 0.25) is 0 Å². The molecule has 0 radical (unpaired) electrons. The molecule has 96 valence electrons. The quantitative estimate of drug-likeness (QED) is 0.618. The predicted molar refractivity (Wildman–Crippen MR) is 76.4 cm³/mol. The third kappa shape index (κ3) is 3.80. The number of nitrogens with one attached hydrogen (secondary N) is 1. The van der Waals surface area contributed by atoms with E-state index in [0.29, 0.717) is 5.82 Å². The summed E-state index contributed by atoms with van der Waals surface area (Å²) in [6.07, 6.45) is 2.96. The van der Waals surface area contributed by atoms with Crippen molar-refractivity contribution in [1.29, 1.82) is 0 Å². The minimum atomic E-state index is 0.694. The predicted octanol–water partition coefficient (Wildman–Crippen LogP) is 2.10. The van der Waals surface area contributed by atoms with Crippen LogP contribution in [0.25, 0.3) is 0 Å². The Morgan fingerprint density at radius 3 is 2.89 bits per heavy atom. The first-order valence-electron chi connectivity index (χ1n) is 5.90. The van der Waals surface area contributed by atoms with Crippen molar-refractivity contribution in [3.05, 3.63) is 46.3 Å². The molecule has 4 nitrogen and oxygen atoms in total. The van der Waals surface area contributed by atoms with Gasteiger partial charge < -0.3 is 10.3 Å². The van der Waals surface area contributed by atoms with Crippen molar-refractivity contribution in [1.82, 2.24) is 9.88 Å². The van der Waals surface area contributed by atoms with E-state index in [-0.39, 0.29) is 0 Å². The van der Waals surface area contributed by atoms with Crippen LogP contribution in [-0.2, 0) is 13.0 Å². The Kier molecular flexibility index (Phi) is 4.69. The molecular weight excluding hydrogens is 244 g/mol. The Bertz CT molecular complexity index is 452. The van der Waals surface area contributed by atoms with Crippen molar-refractivity contribution >= 4 is 17.2 Å². The molecule has 2 aromatic rings. The summed E-state index contributed by atoms with van der Waals surface area (Å²) in [5.74, 6) is 5.98. The fourth-order valence-corrected chi connectivity index (χ4v) is 2.45. The van der Waals surface area contributed by atoms with Gasteiger partial charge >= 0.3 is 0 Å². The molecule has 0 bridgehead atoms. The van der Waals surface area contributed by atoms with Gasteiger partial charge in [0.25, 0.3) is 0 Å². The summed E-state index contributed by atoms with van der Waals surface area (Å²) >= 11 is 1.81. The molecule has 0 atom stereocenters. The van der Waals surface area contributed by atoms with Gasteiger partial charge in [-0.05, 0) is 36.5 Å². The van der Waals surface area contributed by atoms with Crippen molar-refractivity contribution < 1.29 is 0 Å². The molecule has 2 heterocycles. The van der Waals surface area contributed by atoms with Gasteiger partial charge in [-0.15, -0.1) is 11.3 Å². The summed E-state index contributed by atoms with van der Waals surface area (Å²) in [6, 6.07) is 8.22. The number of likely N-dealkylation sites (N-methyl/N-ethyl adjacent to an activating group) is 1. The first kappa shape index (κ1) is 13.0. The Hall–Kier alpha value is -1.43. The molecule has 0 amide bonds. The highest BCUT2D eigenvalue weighted by Gasteiger charge is 2.02. The summed E-state index contributed by atoms with van der Waals surface area (Å²) in [5, 5.41) is 2.12. The lowest BCUT2D eigenvalue weighted by Gasteiger charge is -2.16. The Labute approximate surface area is 111 Å². The third-order valence-electron chi connectivity index (χ3n) is 2.75. The maximum absolute atomic E-state index is 5.28. The largest absolute Gasteiger partial charge is 0.308 e. The van der Waals surface area contributed by atoms with Crippen molar-refractivity contribution in [2.45, 2.75) is 13.0 Å². The summed E-state index contributed by atoms with van der Waals surface area (Å²) in [4.78, 5) is 7.93. The zero-order valence-electron chi connectivity index (χ0n) is 10.5. The van der Waals surface area contributed by atoms with E-state index in [9.17, 15) is 0 Å². The highest BCUT2D eigenvalue weighted by molar-refractivity contribution is 7.09. The first-order chi connectivity index (χ1) is 8.78. The first-order valence-corrected chi connectivity index (χ1v) is 6.78. The minimum absolute atomic E-state index is 0.694. The molecule has 0 unspecified atom stereocenters. The number of nitrogen functional groups attached to an aromatic ring is 1. The fraction of sp³-hybridized carbons (Fsp3) is 0.308. The molecule has 0 spiro atoms. The van der Waals surface area contributed by atoms with Gasteiger partial charge in [-0.1, -0.05) is 12.1 Å². The van der Waals surface area contributed by atoms with Crippen LogP contribution in [0.3, 0.4) is 0 Å². The number of nitrogens with zero attached hydrogens (tertiary/aromatic N) is 2. The van der Waals surface area contributed by atoms with Crippen LogP contribution < -0.4 is 11.3 Å². The van der Waals surface area contributed by atoms with Gasteiger partial charge in [-0.3, -0.25) is 0 Å². The fourth-order valence-electron chi connectivity index (χ4n) is 1.75. The van der Waals surface area contributed by atoms with E-state index < -0.39 is 0 Å². The number of rotatable bonds is 6. The van der Waals surface area contributed by atoms with Crippen molar-refractivity contribution in [3.63, 3.8) is 0 Å². The third-order valence-corrected chi connectivity index (χ3v) is 3.68. The number of thiophene rings is 1. The number of hydrogen-bond donors (Lipinski definition) is 2. The van der Waals surface area contributed by atoms with E-state index in [1.807, 2.05) is 29.7 Å². The average Bonchev–Trinajstić information content (AvgIpc) is 2.90. The minimum Gasteiger partial charge on any atom is -0.308 e. The number of aromatic nitrogens is 1. The highest BCUT2D eigenvalue weighted by atomic mass is 32.1. The lowest BCUT2D eigenvalue weighted by atomic mass is 10.2. The van der Waals surface area contributed by atoms with E-state index in [0.717, 1.165) is 19.5 Å². The van der Waals surface area contributed by atoms with Gasteiger partial charge in [0, 0.05) is 24.2 Å². The van der Waals surface area contributed by atoms with Crippen LogP contribution in [0.2, 0.25) is 0 Å². The zero-order chi connectivity index (χ0) is 12.8. The maximum Gasteiger partial charge on any atom is 0.139 e. The SMILES string of the molecule is CN(CCc1cccs1)Cc1ccc(NN)nc1. The van der Waals surface area contributed by atoms with Gasteiger partial charge in [-0.2, -0.15) is 0 Å². The molecular formula is C13H18N4S. The number of anilines is 1. The second kappa shape index (κ2) is 6.49. The van der Waals surface area contributed by atoms with Gasteiger partial charge in [0.15, 0.2) is 0 Å². The molecule has 0 aliphatic heterocycles. The molecule has 18 heavy (non-hydrogen) atoms. The van der Waals surface area contributed by atoms with Crippen LogP contribution in [0.15, 0.2) is 35.8 Å². The van der Waals surface area contributed by atoms with Crippen LogP contribution in [0, 0.1) is 0 Å². The Morgan fingerprint density at radius 2 is 2.28 bits per heavy atom. The lowest BCUT2D eigenvalue weighted by Crippen LogP contribution is -2.20. The summed E-state index contributed by atoms with van der Waals surface area (Å²) in [6.45, 7) is 1.96. The van der Waals surface area contributed by atoms with Gasteiger partial charge in [-0.25, -0.2) is 10.8 Å². The number of pyridine rings is 1. The molecule has 2 rings (SSSR count). The molecule has 0 saturated carbocycles. The summed E-state index contributed by atoms with van der Waals surface area (Å²) < 4.78 is 0. The average molecular weight is 262 g/mol. The monoisotopic (exact) mass is 262 g/mol. The lowest BCUT2D eigenvalue weighted by molar-refractivity contribution is 0.331. The zero-order valence-corrected chi connectivity index (χ0v) is 11.3. The van der Waals surface area contributed by atoms with E-state index in [4.69, 9.17) is 5.84 Å². The van der Waals surface area contributed by atoms with E-state index >= 15 is 0 Å². The Morgan fingerprint density at radius 1 is 1.39 bits per heavy atom. The second-order valence-electron chi connectivity index (χ2n) is 4.26. The van der Waals surface area contributed by atoms with E-state index in [1.165, 1.54) is 10.4 Å². The second-order valence-corrected chi connectivity index (χ2v) is 5.30. The van der Waals surface area contributed by atoms with Crippen molar-refractivity contribution in [3.8, 4) is 0 Å². The van der Waals surface area contributed by atoms with Gasteiger partial charge in [0.05, 0.1) is 0 Å².